The molecule has 0 aromatic carbocycles. The smallest absolute Gasteiger partial charge is 0.225 e. The highest BCUT2D eigenvalue weighted by Gasteiger charge is 2.14. The van der Waals surface area contributed by atoms with Gasteiger partial charge in [-0.25, -0.2) is 0 Å². The van der Waals surface area contributed by atoms with Crippen LogP contribution in [0.5, 0.6) is 0 Å². The molecule has 0 N–H and O–H groups in total. The molecule has 0 aromatic heterocycles. The Bertz CT molecular complexity index is 349. The van der Waals surface area contributed by atoms with Gasteiger partial charge in [0.05, 0.1) is 0 Å². The molecule has 2 rings (SSSR count). The second-order valence-corrected chi connectivity index (χ2v) is 4.43. The summed E-state index contributed by atoms with van der Waals surface area (Å²) in [6.07, 6.45) is 9.41. The van der Waals surface area contributed by atoms with Gasteiger partial charge in [-0.15, -0.1) is 0 Å². The van der Waals surface area contributed by atoms with Crippen LogP contribution in [0.1, 0.15) is 25.7 Å². The number of likely N-dealkylation sites (tertiary alicyclic amines) is 1. The van der Waals surface area contributed by atoms with Gasteiger partial charge in [0.25, 0.3) is 0 Å². The lowest BCUT2D eigenvalue weighted by molar-refractivity contribution is -0.131. The van der Waals surface area contributed by atoms with Crippen molar-refractivity contribution in [3.63, 3.8) is 0 Å². The van der Waals surface area contributed by atoms with Crippen LogP contribution < -0.4 is 0 Å². The first-order valence-electron chi connectivity index (χ1n) is 5.95. The molecular weight excluding hydrogens is 202 g/mol. The van der Waals surface area contributed by atoms with Crippen LogP contribution in [0.25, 0.3) is 0 Å². The zero-order chi connectivity index (χ0) is 11.4. The van der Waals surface area contributed by atoms with Crippen molar-refractivity contribution in [2.75, 3.05) is 19.6 Å². The van der Waals surface area contributed by atoms with Gasteiger partial charge in [0.15, 0.2) is 0 Å². The molecule has 0 aromatic rings. The quantitative estimate of drug-likeness (QED) is 0.533. The zero-order valence-corrected chi connectivity index (χ0v) is 9.45. The summed E-state index contributed by atoms with van der Waals surface area (Å²) in [7, 11) is 0. The third-order valence-corrected chi connectivity index (χ3v) is 3.17. The van der Waals surface area contributed by atoms with E-state index in [1.807, 2.05) is 0 Å². The van der Waals surface area contributed by atoms with Crippen molar-refractivity contribution in [3.8, 4) is 0 Å². The highest BCUT2D eigenvalue weighted by molar-refractivity contribution is 6.46. The third-order valence-electron chi connectivity index (χ3n) is 3.17. The van der Waals surface area contributed by atoms with E-state index in [1.165, 1.54) is 44.5 Å². The first-order chi connectivity index (χ1) is 7.75. The van der Waals surface area contributed by atoms with Crippen molar-refractivity contribution in [1.82, 2.24) is 4.90 Å². The standard InChI is InChI=1S/C13H17NO2/c15-12-5-4-11(10-13(12)16)6-9-14-7-2-1-3-8-14/h4-5,10H,1-3,6-9H2. The Balaban J connectivity index is 1.82. The number of allylic oxidation sites excluding steroid dienone is 3. The fraction of sp³-hybridized carbons (Fsp3) is 0.538. The van der Waals surface area contributed by atoms with Crippen LogP contribution in [0.3, 0.4) is 0 Å². The van der Waals surface area contributed by atoms with Crippen molar-refractivity contribution in [3.05, 3.63) is 23.8 Å². The number of rotatable bonds is 3. The third kappa shape index (κ3) is 2.89. The predicted molar refractivity (Wildman–Crippen MR) is 62.1 cm³/mol. The van der Waals surface area contributed by atoms with Crippen LogP contribution in [0.15, 0.2) is 23.8 Å². The molecule has 0 atom stereocenters. The Labute approximate surface area is 95.8 Å². The Morgan fingerprint density at radius 1 is 1.00 bits per heavy atom. The van der Waals surface area contributed by atoms with Gasteiger partial charge in [-0.1, -0.05) is 12.5 Å². The van der Waals surface area contributed by atoms with E-state index in [0.717, 1.165) is 18.5 Å². The van der Waals surface area contributed by atoms with Crippen molar-refractivity contribution >= 4 is 11.6 Å². The largest absolute Gasteiger partial charge is 0.303 e. The van der Waals surface area contributed by atoms with Crippen LogP contribution in [-0.2, 0) is 9.59 Å². The summed E-state index contributed by atoms with van der Waals surface area (Å²) in [6.45, 7) is 3.34. The first-order valence-corrected chi connectivity index (χ1v) is 5.95. The number of carbonyl (C=O) groups is 2. The van der Waals surface area contributed by atoms with Gasteiger partial charge in [-0.05, 0) is 50.1 Å². The topological polar surface area (TPSA) is 37.4 Å². The fourth-order valence-electron chi connectivity index (χ4n) is 2.18. The summed E-state index contributed by atoms with van der Waals surface area (Å²) in [4.78, 5) is 24.5. The molecule has 3 nitrogen and oxygen atoms in total. The lowest BCUT2D eigenvalue weighted by atomic mass is 10.0. The molecule has 0 radical (unpaired) electrons. The molecule has 1 aliphatic carbocycles. The summed E-state index contributed by atoms with van der Waals surface area (Å²) in [5.41, 5.74) is 0.982. The van der Waals surface area contributed by atoms with Gasteiger partial charge in [-0.2, -0.15) is 0 Å². The Hall–Kier alpha value is -1.22. The van der Waals surface area contributed by atoms with Crippen LogP contribution in [0.4, 0.5) is 0 Å². The molecule has 16 heavy (non-hydrogen) atoms. The predicted octanol–water partition coefficient (Wildman–Crippen LogP) is 1.50. The maximum atomic E-state index is 11.2. The Morgan fingerprint density at radius 2 is 1.75 bits per heavy atom. The van der Waals surface area contributed by atoms with Crippen LogP contribution in [-0.4, -0.2) is 36.1 Å². The fourth-order valence-corrected chi connectivity index (χ4v) is 2.18. The normalized spacial score (nSPS) is 22.4. The summed E-state index contributed by atoms with van der Waals surface area (Å²) in [5.74, 6) is -0.780. The monoisotopic (exact) mass is 219 g/mol. The van der Waals surface area contributed by atoms with E-state index < -0.39 is 5.78 Å². The van der Waals surface area contributed by atoms with E-state index in [4.69, 9.17) is 0 Å². The molecule has 0 amide bonds. The van der Waals surface area contributed by atoms with Crippen LogP contribution in [0, 0.1) is 0 Å². The van der Waals surface area contributed by atoms with E-state index in [-0.39, 0.29) is 5.78 Å². The SMILES string of the molecule is O=C1C=CC(CCN2CCCCC2)=CC1=O. The van der Waals surface area contributed by atoms with Gasteiger partial charge in [0.1, 0.15) is 0 Å². The second kappa shape index (κ2) is 5.21. The van der Waals surface area contributed by atoms with Gasteiger partial charge in [-0.3, -0.25) is 9.59 Å². The molecule has 3 heteroatoms. The van der Waals surface area contributed by atoms with Crippen LogP contribution in [0.2, 0.25) is 0 Å². The second-order valence-electron chi connectivity index (χ2n) is 4.43. The minimum absolute atomic E-state index is 0.379. The van der Waals surface area contributed by atoms with Crippen molar-refractivity contribution in [2.45, 2.75) is 25.7 Å². The molecule has 1 heterocycles. The number of hydrogen-bond acceptors (Lipinski definition) is 3. The van der Waals surface area contributed by atoms with Gasteiger partial charge in [0, 0.05) is 6.54 Å². The van der Waals surface area contributed by atoms with Gasteiger partial charge < -0.3 is 4.90 Å². The summed E-state index contributed by atoms with van der Waals surface area (Å²) in [6, 6.07) is 0. The summed E-state index contributed by atoms with van der Waals surface area (Å²) < 4.78 is 0. The average molecular weight is 219 g/mol. The number of piperidine rings is 1. The molecule has 0 unspecified atom stereocenters. The first kappa shape index (κ1) is 11.3. The van der Waals surface area contributed by atoms with Crippen molar-refractivity contribution < 1.29 is 9.59 Å². The highest BCUT2D eigenvalue weighted by Crippen LogP contribution is 2.13. The van der Waals surface area contributed by atoms with Crippen molar-refractivity contribution in [1.29, 1.82) is 0 Å². The van der Waals surface area contributed by atoms with Gasteiger partial charge >= 0.3 is 0 Å². The molecule has 2 aliphatic rings. The molecule has 0 bridgehead atoms. The number of ketones is 2. The van der Waals surface area contributed by atoms with Crippen LogP contribution >= 0.6 is 0 Å². The molecule has 1 saturated heterocycles. The number of carbonyl (C=O) groups excluding carboxylic acids is 2. The average Bonchev–Trinajstić information content (AvgIpc) is 2.32. The van der Waals surface area contributed by atoms with E-state index in [9.17, 15) is 9.59 Å². The maximum absolute atomic E-state index is 11.2. The van der Waals surface area contributed by atoms with E-state index in [2.05, 4.69) is 4.90 Å². The van der Waals surface area contributed by atoms with E-state index >= 15 is 0 Å². The minimum Gasteiger partial charge on any atom is -0.303 e. The van der Waals surface area contributed by atoms with Crippen molar-refractivity contribution in [2.24, 2.45) is 0 Å². The molecule has 86 valence electrons. The summed E-state index contributed by atoms with van der Waals surface area (Å²) >= 11 is 0. The molecule has 0 spiro atoms. The van der Waals surface area contributed by atoms with Gasteiger partial charge in [0.2, 0.25) is 11.6 Å². The molecular formula is C13H17NO2. The number of nitrogens with zero attached hydrogens (tertiary/aromatic N) is 1. The van der Waals surface area contributed by atoms with E-state index in [0.29, 0.717) is 0 Å². The molecule has 1 fully saturated rings. The molecule has 1 aliphatic heterocycles. The lowest BCUT2D eigenvalue weighted by Crippen LogP contribution is -2.30. The van der Waals surface area contributed by atoms with E-state index in [1.54, 1.807) is 6.08 Å². The maximum Gasteiger partial charge on any atom is 0.225 e. The summed E-state index contributed by atoms with van der Waals surface area (Å²) in [5, 5.41) is 0. The zero-order valence-electron chi connectivity index (χ0n) is 9.45. The number of hydrogen-bond donors (Lipinski definition) is 0. The molecule has 0 saturated carbocycles. The Morgan fingerprint density at radius 3 is 2.44 bits per heavy atom. The Kier molecular flexibility index (Phi) is 3.67. The highest BCUT2D eigenvalue weighted by atomic mass is 16.2. The minimum atomic E-state index is -0.401. The lowest BCUT2D eigenvalue weighted by Gasteiger charge is -2.26.